The number of rotatable bonds is 3. The molecule has 2 aromatic rings. The van der Waals surface area contributed by atoms with Crippen molar-refractivity contribution in [1.82, 2.24) is 4.98 Å². The molecule has 1 aromatic carbocycles. The monoisotopic (exact) mass is 248 g/mol. The highest BCUT2D eigenvalue weighted by atomic mass is 35.5. The van der Waals surface area contributed by atoms with Gasteiger partial charge in [-0.05, 0) is 36.4 Å². The van der Waals surface area contributed by atoms with Crippen molar-refractivity contribution in [3.05, 3.63) is 53.2 Å². The van der Waals surface area contributed by atoms with Gasteiger partial charge in [0.1, 0.15) is 5.82 Å². The summed E-state index contributed by atoms with van der Waals surface area (Å²) in [5.74, 6) is -0.409. The fourth-order valence-electron chi connectivity index (χ4n) is 1.28. The van der Waals surface area contributed by atoms with E-state index >= 15 is 0 Å². The molecule has 1 aromatic heterocycles. The number of hydrogen-bond acceptors (Lipinski definition) is 3. The minimum Gasteiger partial charge on any atom is -0.478 e. The second-order valence-corrected chi connectivity index (χ2v) is 3.81. The number of nitrogens with zero attached hydrogens (tertiary/aromatic N) is 1. The van der Waals surface area contributed by atoms with Gasteiger partial charge in [-0.15, -0.1) is 0 Å². The topological polar surface area (TPSA) is 62.2 Å². The molecule has 17 heavy (non-hydrogen) atoms. The molecule has 2 N–H and O–H groups in total. The number of benzene rings is 1. The van der Waals surface area contributed by atoms with Crippen molar-refractivity contribution < 1.29 is 9.90 Å². The molecule has 0 unspecified atom stereocenters. The van der Waals surface area contributed by atoms with Crippen LogP contribution in [0.1, 0.15) is 10.4 Å². The Hall–Kier alpha value is -2.07. The van der Waals surface area contributed by atoms with Gasteiger partial charge in [0.25, 0.3) is 0 Å². The Bertz CT molecular complexity index is 523. The van der Waals surface area contributed by atoms with Crippen LogP contribution in [0.2, 0.25) is 5.02 Å². The van der Waals surface area contributed by atoms with Crippen molar-refractivity contribution in [2.45, 2.75) is 0 Å². The number of hydrogen-bond donors (Lipinski definition) is 2. The Morgan fingerprint density at radius 1 is 1.18 bits per heavy atom. The molecule has 1 heterocycles. The number of pyridine rings is 1. The van der Waals surface area contributed by atoms with Crippen LogP contribution in [0.15, 0.2) is 42.6 Å². The maximum absolute atomic E-state index is 10.6. The molecule has 5 heteroatoms. The van der Waals surface area contributed by atoms with Crippen molar-refractivity contribution in [1.29, 1.82) is 0 Å². The third-order valence-corrected chi connectivity index (χ3v) is 2.38. The minimum absolute atomic E-state index is 0.159. The summed E-state index contributed by atoms with van der Waals surface area (Å²) in [6, 6.07) is 10.3. The number of carbonyl (C=O) groups is 1. The van der Waals surface area contributed by atoms with E-state index in [9.17, 15) is 4.79 Å². The highest BCUT2D eigenvalue weighted by molar-refractivity contribution is 6.30. The molecule has 0 aliphatic rings. The van der Waals surface area contributed by atoms with Gasteiger partial charge in [-0.25, -0.2) is 9.78 Å². The summed E-state index contributed by atoms with van der Waals surface area (Å²) in [6.07, 6.45) is 1.31. The van der Waals surface area contributed by atoms with E-state index in [1.165, 1.54) is 12.3 Å². The number of halogens is 1. The average molecular weight is 249 g/mol. The molecule has 0 spiro atoms. The van der Waals surface area contributed by atoms with Crippen LogP contribution in [0.5, 0.6) is 0 Å². The standard InChI is InChI=1S/C12H9ClN2O2/c13-9-2-4-10(5-3-9)15-11-6-1-8(7-14-11)12(16)17/h1-7H,(H,14,15)(H,16,17). The zero-order valence-electron chi connectivity index (χ0n) is 8.72. The summed E-state index contributed by atoms with van der Waals surface area (Å²) in [5.41, 5.74) is 0.997. The van der Waals surface area contributed by atoms with Gasteiger partial charge < -0.3 is 10.4 Å². The predicted octanol–water partition coefficient (Wildman–Crippen LogP) is 3.18. The van der Waals surface area contributed by atoms with Crippen LogP contribution in [-0.2, 0) is 0 Å². The Kier molecular flexibility index (Phi) is 3.25. The first kappa shape index (κ1) is 11.4. The van der Waals surface area contributed by atoms with Gasteiger partial charge in [0.15, 0.2) is 0 Å². The van der Waals surface area contributed by atoms with Crippen LogP contribution in [0, 0.1) is 0 Å². The SMILES string of the molecule is O=C(O)c1ccc(Nc2ccc(Cl)cc2)nc1. The number of nitrogens with one attached hydrogen (secondary N) is 1. The number of carboxylic acid groups (broad SMARTS) is 1. The largest absolute Gasteiger partial charge is 0.478 e. The number of carboxylic acids is 1. The fourth-order valence-corrected chi connectivity index (χ4v) is 1.40. The summed E-state index contributed by atoms with van der Waals surface area (Å²) in [5, 5.41) is 12.4. The van der Waals surface area contributed by atoms with Gasteiger partial charge in [-0.3, -0.25) is 0 Å². The molecule has 0 aliphatic heterocycles. The Morgan fingerprint density at radius 2 is 1.88 bits per heavy atom. The fraction of sp³-hybridized carbons (Fsp3) is 0. The molecule has 2 rings (SSSR count). The van der Waals surface area contributed by atoms with Crippen LogP contribution in [-0.4, -0.2) is 16.1 Å². The first-order valence-corrected chi connectivity index (χ1v) is 5.25. The van der Waals surface area contributed by atoms with E-state index in [-0.39, 0.29) is 5.56 Å². The van der Waals surface area contributed by atoms with Crippen LogP contribution in [0.25, 0.3) is 0 Å². The zero-order chi connectivity index (χ0) is 12.3. The van der Waals surface area contributed by atoms with Crippen molar-refractivity contribution >= 4 is 29.1 Å². The molecular weight excluding hydrogens is 240 g/mol. The maximum atomic E-state index is 10.6. The van der Waals surface area contributed by atoms with Crippen LogP contribution in [0.4, 0.5) is 11.5 Å². The summed E-state index contributed by atoms with van der Waals surface area (Å²) in [6.45, 7) is 0. The van der Waals surface area contributed by atoms with E-state index < -0.39 is 5.97 Å². The lowest BCUT2D eigenvalue weighted by Gasteiger charge is -2.05. The van der Waals surface area contributed by atoms with E-state index in [1.54, 1.807) is 18.2 Å². The molecule has 0 bridgehead atoms. The van der Waals surface area contributed by atoms with Gasteiger partial charge in [0.05, 0.1) is 5.56 Å². The molecule has 0 saturated carbocycles. The first-order valence-electron chi connectivity index (χ1n) is 4.87. The van der Waals surface area contributed by atoms with Crippen molar-refractivity contribution in [3.8, 4) is 0 Å². The van der Waals surface area contributed by atoms with Gasteiger partial charge >= 0.3 is 5.97 Å². The van der Waals surface area contributed by atoms with Gasteiger partial charge in [0.2, 0.25) is 0 Å². The molecule has 0 radical (unpaired) electrons. The molecule has 0 saturated heterocycles. The molecule has 0 fully saturated rings. The smallest absolute Gasteiger partial charge is 0.337 e. The quantitative estimate of drug-likeness (QED) is 0.876. The lowest BCUT2D eigenvalue weighted by atomic mass is 10.3. The van der Waals surface area contributed by atoms with Crippen molar-refractivity contribution in [2.75, 3.05) is 5.32 Å². The Balaban J connectivity index is 2.13. The highest BCUT2D eigenvalue weighted by Gasteiger charge is 2.02. The molecular formula is C12H9ClN2O2. The van der Waals surface area contributed by atoms with Gasteiger partial charge in [-0.2, -0.15) is 0 Å². The molecule has 0 aliphatic carbocycles. The van der Waals surface area contributed by atoms with E-state index in [2.05, 4.69) is 10.3 Å². The average Bonchev–Trinajstić information content (AvgIpc) is 2.33. The summed E-state index contributed by atoms with van der Waals surface area (Å²) in [4.78, 5) is 14.6. The summed E-state index contributed by atoms with van der Waals surface area (Å²) < 4.78 is 0. The van der Waals surface area contributed by atoms with Gasteiger partial charge in [0, 0.05) is 16.9 Å². The van der Waals surface area contributed by atoms with Crippen LogP contribution < -0.4 is 5.32 Å². The van der Waals surface area contributed by atoms with Crippen molar-refractivity contribution in [3.63, 3.8) is 0 Å². The summed E-state index contributed by atoms with van der Waals surface area (Å²) >= 11 is 5.76. The molecule has 0 amide bonds. The first-order chi connectivity index (χ1) is 8.15. The maximum Gasteiger partial charge on any atom is 0.337 e. The molecule has 86 valence electrons. The Labute approximate surface area is 103 Å². The second-order valence-electron chi connectivity index (χ2n) is 3.37. The lowest BCUT2D eigenvalue weighted by Crippen LogP contribution is -1.99. The summed E-state index contributed by atoms with van der Waals surface area (Å²) in [7, 11) is 0. The zero-order valence-corrected chi connectivity index (χ0v) is 9.48. The highest BCUT2D eigenvalue weighted by Crippen LogP contribution is 2.17. The predicted molar refractivity (Wildman–Crippen MR) is 65.9 cm³/mol. The number of aromatic nitrogens is 1. The lowest BCUT2D eigenvalue weighted by molar-refractivity contribution is 0.0696. The second kappa shape index (κ2) is 4.84. The van der Waals surface area contributed by atoms with Crippen LogP contribution >= 0.6 is 11.6 Å². The van der Waals surface area contributed by atoms with Crippen molar-refractivity contribution in [2.24, 2.45) is 0 Å². The van der Waals surface area contributed by atoms with Crippen LogP contribution in [0.3, 0.4) is 0 Å². The normalized spacial score (nSPS) is 9.94. The Morgan fingerprint density at radius 3 is 2.41 bits per heavy atom. The third kappa shape index (κ3) is 2.95. The van der Waals surface area contributed by atoms with E-state index in [1.807, 2.05) is 12.1 Å². The van der Waals surface area contributed by atoms with E-state index in [0.29, 0.717) is 10.8 Å². The molecule has 4 nitrogen and oxygen atoms in total. The van der Waals surface area contributed by atoms with E-state index in [4.69, 9.17) is 16.7 Å². The van der Waals surface area contributed by atoms with Gasteiger partial charge in [-0.1, -0.05) is 11.6 Å². The number of aromatic carboxylic acids is 1. The minimum atomic E-state index is -0.990. The number of anilines is 2. The molecule has 0 atom stereocenters. The third-order valence-electron chi connectivity index (χ3n) is 2.13. The van der Waals surface area contributed by atoms with E-state index in [0.717, 1.165) is 5.69 Å².